The fourth-order valence-electron chi connectivity index (χ4n) is 1.77. The minimum Gasteiger partial charge on any atom is -0.204 e. The molecule has 0 heterocycles. The highest BCUT2D eigenvalue weighted by atomic mass is 127. The number of hydrogen-bond acceptors (Lipinski definition) is 0. The van der Waals surface area contributed by atoms with Crippen molar-refractivity contribution in [1.82, 2.24) is 0 Å². The van der Waals surface area contributed by atoms with Gasteiger partial charge < -0.3 is 0 Å². The summed E-state index contributed by atoms with van der Waals surface area (Å²) in [6.07, 6.45) is 0. The second kappa shape index (κ2) is 6.06. The van der Waals surface area contributed by atoms with Crippen LogP contribution in [0.1, 0.15) is 21.5 Å². The molecule has 0 fully saturated rings. The lowest BCUT2D eigenvalue weighted by atomic mass is 10.0. The third kappa shape index (κ3) is 3.11. The van der Waals surface area contributed by atoms with E-state index in [1.54, 1.807) is 0 Å². The molecule has 0 saturated heterocycles. The van der Waals surface area contributed by atoms with Crippen molar-refractivity contribution in [3.63, 3.8) is 0 Å². The Morgan fingerprint density at radius 1 is 1.16 bits per heavy atom. The maximum Gasteiger partial charge on any atom is 0.160 e. The van der Waals surface area contributed by atoms with E-state index in [9.17, 15) is 8.78 Å². The van der Waals surface area contributed by atoms with Crippen LogP contribution in [0.5, 0.6) is 0 Å². The van der Waals surface area contributed by atoms with Crippen molar-refractivity contribution in [3.8, 4) is 0 Å². The van der Waals surface area contributed by atoms with Crippen molar-refractivity contribution in [1.29, 1.82) is 0 Å². The second-order valence-electron chi connectivity index (χ2n) is 4.13. The minimum atomic E-state index is -0.938. The molecule has 0 spiro atoms. The van der Waals surface area contributed by atoms with Gasteiger partial charge in [0.25, 0.3) is 0 Å². The summed E-state index contributed by atoms with van der Waals surface area (Å²) < 4.78 is 27.5. The molecule has 1 atom stereocenters. The van der Waals surface area contributed by atoms with Crippen molar-refractivity contribution in [2.75, 3.05) is 0 Å². The van der Waals surface area contributed by atoms with Crippen molar-refractivity contribution < 1.29 is 8.78 Å². The van der Waals surface area contributed by atoms with Crippen molar-refractivity contribution >= 4 is 50.1 Å². The molecule has 0 radical (unpaired) electrons. The summed E-state index contributed by atoms with van der Waals surface area (Å²) in [4.78, 5) is -0.276. The first-order chi connectivity index (χ1) is 8.91. The minimum absolute atomic E-state index is 0.207. The van der Waals surface area contributed by atoms with Crippen LogP contribution in [0.3, 0.4) is 0 Å². The summed E-state index contributed by atoms with van der Waals surface area (Å²) in [7, 11) is 0. The zero-order chi connectivity index (χ0) is 14.2. The Bertz CT molecular complexity index is 631. The lowest BCUT2D eigenvalue weighted by Gasteiger charge is -2.16. The van der Waals surface area contributed by atoms with E-state index in [2.05, 4.69) is 38.5 Å². The van der Waals surface area contributed by atoms with E-state index in [1.165, 1.54) is 0 Å². The number of alkyl halides is 1. The Labute approximate surface area is 137 Å². The monoisotopic (exact) mass is 456 g/mol. The molecule has 2 rings (SSSR count). The molecular formula is C14H9BrClF2I. The highest BCUT2D eigenvalue weighted by Crippen LogP contribution is 2.38. The molecule has 2 aromatic rings. The summed E-state index contributed by atoms with van der Waals surface area (Å²) >= 11 is 11.7. The predicted molar refractivity (Wildman–Crippen MR) is 86.0 cm³/mol. The van der Waals surface area contributed by atoms with E-state index in [4.69, 9.17) is 11.6 Å². The largest absolute Gasteiger partial charge is 0.204 e. The summed E-state index contributed by atoms with van der Waals surface area (Å²) in [5.74, 6) is -1.83. The first kappa shape index (κ1) is 15.2. The first-order valence-corrected chi connectivity index (χ1v) is 7.82. The molecular weight excluding hydrogens is 448 g/mol. The number of halogens is 5. The smallest absolute Gasteiger partial charge is 0.160 e. The molecule has 0 saturated carbocycles. The van der Waals surface area contributed by atoms with Crippen LogP contribution in [0.4, 0.5) is 8.78 Å². The topological polar surface area (TPSA) is 0 Å². The molecule has 0 amide bonds. The van der Waals surface area contributed by atoms with Crippen LogP contribution in [0.15, 0.2) is 30.3 Å². The molecule has 19 heavy (non-hydrogen) atoms. The fraction of sp³-hybridized carbons (Fsp3) is 0.143. The SMILES string of the molecule is Cc1cccc(C(Br)c2cc(F)c(F)cc2Cl)c1I. The maximum atomic E-state index is 13.4. The molecule has 0 bridgehead atoms. The van der Waals surface area contributed by atoms with Gasteiger partial charge in [0.05, 0.1) is 4.83 Å². The quantitative estimate of drug-likeness (QED) is 0.294. The van der Waals surface area contributed by atoms with E-state index in [-0.39, 0.29) is 9.85 Å². The predicted octanol–water partition coefficient (Wildman–Crippen LogP) is 6.02. The fourth-order valence-corrected chi connectivity index (χ4v) is 4.02. The van der Waals surface area contributed by atoms with Gasteiger partial charge in [0.15, 0.2) is 11.6 Å². The summed E-state index contributed by atoms with van der Waals surface area (Å²) in [5.41, 5.74) is 2.62. The van der Waals surface area contributed by atoms with Gasteiger partial charge in [-0.2, -0.15) is 0 Å². The third-order valence-electron chi connectivity index (χ3n) is 2.81. The van der Waals surface area contributed by atoms with Gasteiger partial charge in [0, 0.05) is 8.59 Å². The average molecular weight is 457 g/mol. The maximum absolute atomic E-state index is 13.4. The van der Waals surface area contributed by atoms with Gasteiger partial charge in [-0.25, -0.2) is 8.78 Å². The lowest BCUT2D eigenvalue weighted by Crippen LogP contribution is -2.00. The first-order valence-electron chi connectivity index (χ1n) is 5.45. The molecule has 100 valence electrons. The van der Waals surface area contributed by atoms with Crippen LogP contribution >= 0.6 is 50.1 Å². The Hall–Kier alpha value is -0.200. The number of aryl methyl sites for hydroxylation is 1. The molecule has 0 aliphatic carbocycles. The number of rotatable bonds is 2. The van der Waals surface area contributed by atoms with Crippen molar-refractivity contribution in [2.24, 2.45) is 0 Å². The van der Waals surface area contributed by atoms with Gasteiger partial charge in [-0.05, 0) is 58.3 Å². The Kier molecular flexibility index (Phi) is 4.84. The van der Waals surface area contributed by atoms with Crippen LogP contribution < -0.4 is 0 Å². The highest BCUT2D eigenvalue weighted by Gasteiger charge is 2.19. The zero-order valence-electron chi connectivity index (χ0n) is 9.85. The summed E-state index contributed by atoms with van der Waals surface area (Å²) in [6, 6.07) is 8.00. The van der Waals surface area contributed by atoms with E-state index in [0.717, 1.165) is 26.8 Å². The third-order valence-corrected chi connectivity index (χ3v) is 5.59. The molecule has 5 heteroatoms. The molecule has 0 aliphatic rings. The number of benzene rings is 2. The van der Waals surface area contributed by atoms with Crippen molar-refractivity contribution in [2.45, 2.75) is 11.8 Å². The van der Waals surface area contributed by atoms with Gasteiger partial charge in [-0.1, -0.05) is 45.7 Å². The van der Waals surface area contributed by atoms with Gasteiger partial charge in [-0.3, -0.25) is 0 Å². The second-order valence-corrected chi connectivity index (χ2v) is 6.53. The van der Waals surface area contributed by atoms with E-state index in [0.29, 0.717) is 5.56 Å². The Morgan fingerprint density at radius 3 is 2.47 bits per heavy atom. The van der Waals surface area contributed by atoms with Gasteiger partial charge in [0.2, 0.25) is 0 Å². The van der Waals surface area contributed by atoms with Crippen LogP contribution in [-0.4, -0.2) is 0 Å². The Balaban J connectivity index is 2.53. The van der Waals surface area contributed by atoms with Crippen LogP contribution in [-0.2, 0) is 0 Å². The van der Waals surface area contributed by atoms with Gasteiger partial charge >= 0.3 is 0 Å². The van der Waals surface area contributed by atoms with E-state index >= 15 is 0 Å². The van der Waals surface area contributed by atoms with Crippen LogP contribution in [0, 0.1) is 22.1 Å². The van der Waals surface area contributed by atoms with Crippen molar-refractivity contribution in [3.05, 3.63) is 67.2 Å². The van der Waals surface area contributed by atoms with E-state index in [1.807, 2.05) is 25.1 Å². The Morgan fingerprint density at radius 2 is 1.79 bits per heavy atom. The zero-order valence-corrected chi connectivity index (χ0v) is 14.4. The van der Waals surface area contributed by atoms with Gasteiger partial charge in [-0.15, -0.1) is 0 Å². The van der Waals surface area contributed by atoms with Crippen LogP contribution in [0.2, 0.25) is 5.02 Å². The van der Waals surface area contributed by atoms with Gasteiger partial charge in [0.1, 0.15) is 0 Å². The lowest BCUT2D eigenvalue weighted by molar-refractivity contribution is 0.507. The normalized spacial score (nSPS) is 12.5. The molecule has 1 unspecified atom stereocenters. The number of hydrogen-bond donors (Lipinski definition) is 0. The summed E-state index contributed by atoms with van der Waals surface area (Å²) in [5, 5.41) is 0.207. The standard InChI is InChI=1S/C14H9BrClF2I/c1-7-3-2-4-8(14(7)19)13(15)9-5-11(17)12(18)6-10(9)16/h2-6,13H,1H3. The molecule has 2 aromatic carbocycles. The summed E-state index contributed by atoms with van der Waals surface area (Å²) in [6.45, 7) is 2.00. The molecule has 0 N–H and O–H groups in total. The van der Waals surface area contributed by atoms with Crippen LogP contribution in [0.25, 0.3) is 0 Å². The molecule has 0 nitrogen and oxygen atoms in total. The van der Waals surface area contributed by atoms with E-state index < -0.39 is 11.6 Å². The molecule has 0 aliphatic heterocycles. The average Bonchev–Trinajstić information content (AvgIpc) is 2.36. The molecule has 0 aromatic heterocycles. The highest BCUT2D eigenvalue weighted by molar-refractivity contribution is 14.1.